The largest absolute Gasteiger partial charge is 0.483 e. The number of benzene rings is 1. The highest BCUT2D eigenvalue weighted by molar-refractivity contribution is 7.62. The molecule has 0 unspecified atom stereocenters. The lowest BCUT2D eigenvalue weighted by molar-refractivity contribution is 0.157. The molecule has 2 heterocycles. The van der Waals surface area contributed by atoms with Gasteiger partial charge in [0.1, 0.15) is 11.4 Å². The van der Waals surface area contributed by atoms with E-state index in [-0.39, 0.29) is 18.8 Å². The summed E-state index contributed by atoms with van der Waals surface area (Å²) in [4.78, 5) is 12.4. The van der Waals surface area contributed by atoms with Gasteiger partial charge in [0, 0.05) is 17.8 Å². The van der Waals surface area contributed by atoms with Crippen molar-refractivity contribution < 1.29 is 18.3 Å². The van der Waals surface area contributed by atoms with Crippen molar-refractivity contribution in [2.75, 3.05) is 13.2 Å². The molecule has 0 fully saturated rings. The minimum Gasteiger partial charge on any atom is -0.483 e. The topological polar surface area (TPSA) is 66.8 Å². The lowest BCUT2D eigenvalue weighted by atomic mass is 9.99. The number of nitrogens with zero attached hydrogens (tertiary/aromatic N) is 1. The van der Waals surface area contributed by atoms with Crippen LogP contribution in [0.4, 0.5) is 0 Å². The van der Waals surface area contributed by atoms with E-state index < -0.39 is 13.2 Å². The fraction of sp³-hybridized carbons (Fsp3) is 0.350. The molecule has 6 nitrogen and oxygen atoms in total. The smallest absolute Gasteiger partial charge is 0.361 e. The molecule has 0 radical (unpaired) electrons. The van der Waals surface area contributed by atoms with Crippen molar-refractivity contribution in [3.8, 4) is 5.75 Å². The summed E-state index contributed by atoms with van der Waals surface area (Å²) in [7, 11) is -3.45. The van der Waals surface area contributed by atoms with Crippen LogP contribution in [-0.4, -0.2) is 23.4 Å². The number of pyridine rings is 1. The molecule has 3 rings (SSSR count). The molecule has 27 heavy (non-hydrogen) atoms. The molecule has 2 aromatic rings. The molecule has 1 aliphatic heterocycles. The Morgan fingerprint density at radius 2 is 1.81 bits per heavy atom. The number of hydrogen-bond acceptors (Lipinski definition) is 5. The second-order valence-corrected chi connectivity index (χ2v) is 8.69. The molecule has 1 aliphatic rings. The maximum atomic E-state index is 13.2. The number of aromatic nitrogens is 1. The van der Waals surface area contributed by atoms with Crippen LogP contribution in [0.15, 0.2) is 53.5 Å². The van der Waals surface area contributed by atoms with Gasteiger partial charge in [-0.2, -0.15) is 0 Å². The van der Waals surface area contributed by atoms with Crippen molar-refractivity contribution in [1.29, 1.82) is 0 Å². The van der Waals surface area contributed by atoms with Gasteiger partial charge in [-0.15, -0.1) is 0 Å². The summed E-state index contributed by atoms with van der Waals surface area (Å²) in [5, 5.41) is 0.433. The van der Waals surface area contributed by atoms with E-state index in [1.807, 2.05) is 19.9 Å². The normalized spacial score (nSPS) is 15.6. The maximum Gasteiger partial charge on any atom is 0.361 e. The van der Waals surface area contributed by atoms with E-state index in [0.29, 0.717) is 22.3 Å². The zero-order valence-corrected chi connectivity index (χ0v) is 16.9. The Kier molecular flexibility index (Phi) is 5.43. The van der Waals surface area contributed by atoms with Crippen LogP contribution in [-0.2, 0) is 13.6 Å². The van der Waals surface area contributed by atoms with Gasteiger partial charge in [0.2, 0.25) is 0 Å². The van der Waals surface area contributed by atoms with E-state index in [2.05, 4.69) is 0 Å². The van der Waals surface area contributed by atoms with E-state index in [9.17, 15) is 9.36 Å². The predicted molar refractivity (Wildman–Crippen MR) is 106 cm³/mol. The highest BCUT2D eigenvalue weighted by Gasteiger charge is 2.32. The Morgan fingerprint density at radius 1 is 1.11 bits per heavy atom. The summed E-state index contributed by atoms with van der Waals surface area (Å²) in [6.07, 6.45) is 3.59. The Bertz CT molecular complexity index is 966. The molecule has 0 saturated heterocycles. The van der Waals surface area contributed by atoms with Crippen molar-refractivity contribution in [1.82, 2.24) is 4.57 Å². The summed E-state index contributed by atoms with van der Waals surface area (Å²) < 4.78 is 31.7. The van der Waals surface area contributed by atoms with Crippen LogP contribution in [0.3, 0.4) is 0 Å². The second-order valence-electron chi connectivity index (χ2n) is 6.66. The third kappa shape index (κ3) is 3.93. The molecule has 0 atom stereocenters. The molecular formula is C20H24NO5P. The summed E-state index contributed by atoms with van der Waals surface area (Å²) in [6.45, 7) is 7.90. The van der Waals surface area contributed by atoms with Gasteiger partial charge in [-0.1, -0.05) is 6.07 Å². The van der Waals surface area contributed by atoms with Gasteiger partial charge in [0.25, 0.3) is 5.56 Å². The molecular weight excluding hydrogens is 365 g/mol. The minimum atomic E-state index is -3.45. The minimum absolute atomic E-state index is 0.157. The summed E-state index contributed by atoms with van der Waals surface area (Å²) in [5.74, 6) is 0.608. The standard InChI is InChI=1S/C20H24NO5P/c1-5-24-27(23,25-6-2)15-10-11-18-16(13-15)17(14-20(3,4)26-18)21-12-8-7-9-19(21)22/h7-14H,5-6H2,1-4H3. The lowest BCUT2D eigenvalue weighted by Crippen LogP contribution is -2.32. The van der Waals surface area contributed by atoms with Gasteiger partial charge in [-0.25, -0.2) is 0 Å². The Balaban J connectivity index is 2.19. The fourth-order valence-corrected chi connectivity index (χ4v) is 4.65. The average molecular weight is 389 g/mol. The molecule has 0 bridgehead atoms. The first-order valence-electron chi connectivity index (χ1n) is 8.93. The van der Waals surface area contributed by atoms with Gasteiger partial charge in [0.15, 0.2) is 0 Å². The number of hydrogen-bond donors (Lipinski definition) is 0. The summed E-state index contributed by atoms with van der Waals surface area (Å²) in [5.41, 5.74) is 0.589. The summed E-state index contributed by atoms with van der Waals surface area (Å²) >= 11 is 0. The first-order chi connectivity index (χ1) is 12.8. The molecule has 144 valence electrons. The molecule has 0 N–H and O–H groups in total. The van der Waals surface area contributed by atoms with E-state index in [1.165, 1.54) is 6.07 Å². The van der Waals surface area contributed by atoms with E-state index in [1.54, 1.807) is 54.9 Å². The number of ether oxygens (including phenoxy) is 1. The molecule has 1 aromatic heterocycles. The van der Waals surface area contributed by atoms with Crippen LogP contribution in [0.25, 0.3) is 5.70 Å². The van der Waals surface area contributed by atoms with Crippen LogP contribution in [0.2, 0.25) is 0 Å². The summed E-state index contributed by atoms with van der Waals surface area (Å²) in [6, 6.07) is 10.1. The van der Waals surface area contributed by atoms with Crippen LogP contribution < -0.4 is 15.6 Å². The molecule has 0 amide bonds. The van der Waals surface area contributed by atoms with E-state index >= 15 is 0 Å². The average Bonchev–Trinajstić information content (AvgIpc) is 2.61. The SMILES string of the molecule is CCOP(=O)(OCC)c1ccc2c(c1)C(n1ccccc1=O)=CC(C)(C)O2. The van der Waals surface area contributed by atoms with Crippen molar-refractivity contribution in [3.05, 3.63) is 64.6 Å². The van der Waals surface area contributed by atoms with Gasteiger partial charge in [-0.05, 0) is 58.0 Å². The number of rotatable bonds is 6. The third-order valence-electron chi connectivity index (χ3n) is 4.09. The predicted octanol–water partition coefficient (Wildman–Crippen LogP) is 3.80. The fourth-order valence-electron chi connectivity index (χ4n) is 3.05. The van der Waals surface area contributed by atoms with Crippen molar-refractivity contribution >= 4 is 18.6 Å². The Labute approximate surface area is 158 Å². The molecule has 0 aliphatic carbocycles. The first kappa shape index (κ1) is 19.6. The van der Waals surface area contributed by atoms with Crippen LogP contribution in [0.5, 0.6) is 5.75 Å². The Morgan fingerprint density at radius 3 is 2.44 bits per heavy atom. The van der Waals surface area contributed by atoms with Crippen LogP contribution in [0, 0.1) is 0 Å². The Hall–Kier alpha value is -2.14. The quantitative estimate of drug-likeness (QED) is 0.703. The first-order valence-corrected chi connectivity index (χ1v) is 10.5. The van der Waals surface area contributed by atoms with Crippen molar-refractivity contribution in [2.45, 2.75) is 33.3 Å². The number of fused-ring (bicyclic) bond motifs is 1. The lowest BCUT2D eigenvalue weighted by Gasteiger charge is -2.32. The van der Waals surface area contributed by atoms with E-state index in [0.717, 1.165) is 0 Å². The molecule has 7 heteroatoms. The monoisotopic (exact) mass is 389 g/mol. The van der Waals surface area contributed by atoms with Crippen LogP contribution >= 0.6 is 7.60 Å². The van der Waals surface area contributed by atoms with Crippen LogP contribution in [0.1, 0.15) is 33.3 Å². The highest BCUT2D eigenvalue weighted by atomic mass is 31.2. The van der Waals surface area contributed by atoms with Gasteiger partial charge in [0.05, 0.1) is 24.2 Å². The van der Waals surface area contributed by atoms with Gasteiger partial charge < -0.3 is 13.8 Å². The van der Waals surface area contributed by atoms with Crippen molar-refractivity contribution in [3.63, 3.8) is 0 Å². The second kappa shape index (κ2) is 7.47. The van der Waals surface area contributed by atoms with Gasteiger partial charge >= 0.3 is 7.60 Å². The zero-order valence-electron chi connectivity index (χ0n) is 16.0. The van der Waals surface area contributed by atoms with Crippen molar-refractivity contribution in [2.24, 2.45) is 0 Å². The molecule has 1 aromatic carbocycles. The molecule has 0 saturated carbocycles. The molecule has 0 spiro atoms. The maximum absolute atomic E-state index is 13.2. The van der Waals surface area contributed by atoms with Gasteiger partial charge in [-0.3, -0.25) is 13.9 Å². The zero-order chi connectivity index (χ0) is 19.7. The highest BCUT2D eigenvalue weighted by Crippen LogP contribution is 2.48. The van der Waals surface area contributed by atoms with E-state index in [4.69, 9.17) is 13.8 Å². The third-order valence-corrected chi connectivity index (χ3v) is 6.20.